The summed E-state index contributed by atoms with van der Waals surface area (Å²) >= 11 is 0. The van der Waals surface area contributed by atoms with Crippen LogP contribution >= 0.6 is 0 Å². The third-order valence-corrected chi connectivity index (χ3v) is 8.21. The van der Waals surface area contributed by atoms with Crippen molar-refractivity contribution in [2.24, 2.45) is 11.8 Å². The number of carbonyl (C=O) groups is 1. The highest BCUT2D eigenvalue weighted by atomic mass is 16.4. The Bertz CT molecular complexity index is 665. The molecular formula is C30H46O2. The van der Waals surface area contributed by atoms with Crippen LogP contribution in [0.4, 0.5) is 0 Å². The van der Waals surface area contributed by atoms with Crippen LogP contribution in [0.5, 0.6) is 0 Å². The van der Waals surface area contributed by atoms with Gasteiger partial charge in [-0.3, -0.25) is 4.79 Å². The van der Waals surface area contributed by atoms with Crippen LogP contribution < -0.4 is 0 Å². The Morgan fingerprint density at radius 2 is 1.66 bits per heavy atom. The van der Waals surface area contributed by atoms with Gasteiger partial charge in [-0.1, -0.05) is 100 Å². The Morgan fingerprint density at radius 1 is 0.938 bits per heavy atom. The minimum Gasteiger partial charge on any atom is -0.481 e. The molecule has 2 fully saturated rings. The van der Waals surface area contributed by atoms with E-state index in [1.54, 1.807) is 0 Å². The summed E-state index contributed by atoms with van der Waals surface area (Å²) in [7, 11) is 0. The summed E-state index contributed by atoms with van der Waals surface area (Å²) in [5.41, 5.74) is 1.65. The fourth-order valence-electron chi connectivity index (χ4n) is 6.45. The molecule has 2 aliphatic rings. The predicted molar refractivity (Wildman–Crippen MR) is 135 cm³/mol. The van der Waals surface area contributed by atoms with Gasteiger partial charge < -0.3 is 5.11 Å². The summed E-state index contributed by atoms with van der Waals surface area (Å²) in [4.78, 5) is 11.6. The number of benzene rings is 1. The van der Waals surface area contributed by atoms with E-state index < -0.39 is 5.97 Å². The first kappa shape index (κ1) is 25.1. The highest BCUT2D eigenvalue weighted by Crippen LogP contribution is 2.46. The van der Waals surface area contributed by atoms with Gasteiger partial charge in [-0.15, -0.1) is 0 Å². The lowest BCUT2D eigenvalue weighted by atomic mass is 9.71. The van der Waals surface area contributed by atoms with Crippen LogP contribution in [-0.2, 0) is 10.2 Å². The average molecular weight is 439 g/mol. The zero-order valence-electron chi connectivity index (χ0n) is 20.3. The molecule has 2 aliphatic carbocycles. The molecule has 2 heteroatoms. The topological polar surface area (TPSA) is 37.3 Å². The second-order valence-corrected chi connectivity index (χ2v) is 10.7. The first-order chi connectivity index (χ1) is 15.7. The first-order valence-corrected chi connectivity index (χ1v) is 13.6. The quantitative estimate of drug-likeness (QED) is 0.233. The number of hydrogen-bond donors (Lipinski definition) is 1. The van der Waals surface area contributed by atoms with Crippen molar-refractivity contribution in [2.75, 3.05) is 0 Å². The second kappa shape index (κ2) is 13.9. The molecular weight excluding hydrogens is 392 g/mol. The summed E-state index contributed by atoms with van der Waals surface area (Å²) in [6.45, 7) is 0. The Balaban J connectivity index is 1.37. The van der Waals surface area contributed by atoms with E-state index in [0.29, 0.717) is 12.3 Å². The van der Waals surface area contributed by atoms with Gasteiger partial charge in [0.05, 0.1) is 0 Å². The summed E-state index contributed by atoms with van der Waals surface area (Å²) < 4.78 is 0. The van der Waals surface area contributed by atoms with Gasteiger partial charge in [-0.05, 0) is 74.2 Å². The van der Waals surface area contributed by atoms with Gasteiger partial charge in [0.1, 0.15) is 0 Å². The Hall–Kier alpha value is -1.57. The van der Waals surface area contributed by atoms with Crippen LogP contribution in [0.25, 0.3) is 0 Å². The highest BCUT2D eigenvalue weighted by Gasteiger charge is 2.37. The van der Waals surface area contributed by atoms with Crippen molar-refractivity contribution < 1.29 is 9.90 Å². The fraction of sp³-hybridized carbons (Fsp3) is 0.700. The van der Waals surface area contributed by atoms with Crippen molar-refractivity contribution in [3.05, 3.63) is 48.0 Å². The Labute approximate surface area is 196 Å². The number of carboxylic acids is 1. The molecule has 1 aromatic rings. The SMILES string of the molecule is O=C(O)CC(CCCCCC=CCCC1CCCCC1)CC1(c2ccccc2)CCCC1. The fourth-order valence-corrected chi connectivity index (χ4v) is 6.45. The van der Waals surface area contributed by atoms with E-state index in [2.05, 4.69) is 42.5 Å². The average Bonchev–Trinajstić information content (AvgIpc) is 3.28. The Morgan fingerprint density at radius 3 is 2.38 bits per heavy atom. The standard InChI is InChI=1S/C30H46O2/c31-29(32)24-27(25-30(22-14-15-23-30)28-20-12-7-13-21-28)19-9-5-3-1-2-4-8-16-26-17-10-6-11-18-26/h2,4,7,12-13,20-21,26-27H,1,3,5-6,8-11,14-19,22-25H2,(H,31,32). The molecule has 0 bridgehead atoms. The zero-order valence-corrected chi connectivity index (χ0v) is 20.3. The smallest absolute Gasteiger partial charge is 0.303 e. The molecule has 2 saturated carbocycles. The molecule has 0 aliphatic heterocycles. The van der Waals surface area contributed by atoms with Crippen molar-refractivity contribution in [1.29, 1.82) is 0 Å². The maximum absolute atomic E-state index is 11.6. The molecule has 0 radical (unpaired) electrons. The Kier molecular flexibility index (Phi) is 10.9. The molecule has 1 aromatic carbocycles. The molecule has 0 saturated heterocycles. The number of hydrogen-bond acceptors (Lipinski definition) is 1. The third kappa shape index (κ3) is 8.41. The number of unbranched alkanes of at least 4 members (excludes halogenated alkanes) is 3. The minimum atomic E-state index is -0.628. The van der Waals surface area contributed by atoms with Crippen molar-refractivity contribution in [1.82, 2.24) is 0 Å². The zero-order chi connectivity index (χ0) is 22.5. The molecule has 1 unspecified atom stereocenters. The van der Waals surface area contributed by atoms with E-state index in [1.165, 1.54) is 102 Å². The summed E-state index contributed by atoms with van der Waals surface area (Å²) in [5, 5.41) is 9.52. The third-order valence-electron chi connectivity index (χ3n) is 8.21. The van der Waals surface area contributed by atoms with Crippen LogP contribution in [0, 0.1) is 11.8 Å². The van der Waals surface area contributed by atoms with E-state index in [9.17, 15) is 9.90 Å². The highest BCUT2D eigenvalue weighted by molar-refractivity contribution is 5.67. The van der Waals surface area contributed by atoms with E-state index in [0.717, 1.165) is 18.8 Å². The molecule has 1 N–H and O–H groups in total. The largest absolute Gasteiger partial charge is 0.481 e. The summed E-state index contributed by atoms with van der Waals surface area (Å²) in [6, 6.07) is 10.9. The van der Waals surface area contributed by atoms with Gasteiger partial charge >= 0.3 is 5.97 Å². The van der Waals surface area contributed by atoms with Crippen molar-refractivity contribution in [3.8, 4) is 0 Å². The lowest BCUT2D eigenvalue weighted by Gasteiger charge is -2.33. The van der Waals surface area contributed by atoms with Crippen molar-refractivity contribution >= 4 is 5.97 Å². The van der Waals surface area contributed by atoms with E-state index >= 15 is 0 Å². The number of carboxylic acid groups (broad SMARTS) is 1. The van der Waals surface area contributed by atoms with Gasteiger partial charge in [0.15, 0.2) is 0 Å². The molecule has 178 valence electrons. The molecule has 1 atom stereocenters. The van der Waals surface area contributed by atoms with Crippen molar-refractivity contribution in [3.63, 3.8) is 0 Å². The monoisotopic (exact) mass is 438 g/mol. The van der Waals surface area contributed by atoms with Crippen LogP contribution in [0.15, 0.2) is 42.5 Å². The van der Waals surface area contributed by atoms with E-state index in [-0.39, 0.29) is 5.41 Å². The number of rotatable bonds is 14. The second-order valence-electron chi connectivity index (χ2n) is 10.7. The van der Waals surface area contributed by atoms with Gasteiger partial charge in [0.2, 0.25) is 0 Å². The summed E-state index contributed by atoms with van der Waals surface area (Å²) in [5.74, 6) is 0.660. The number of aliphatic carboxylic acids is 1. The lowest BCUT2D eigenvalue weighted by Crippen LogP contribution is -2.27. The predicted octanol–water partition coefficient (Wildman–Crippen LogP) is 8.85. The molecule has 0 heterocycles. The normalized spacial score (nSPS) is 20.0. The molecule has 3 rings (SSSR count). The molecule has 0 aromatic heterocycles. The van der Waals surface area contributed by atoms with E-state index in [1.807, 2.05) is 0 Å². The van der Waals surface area contributed by atoms with Crippen LogP contribution in [0.2, 0.25) is 0 Å². The van der Waals surface area contributed by atoms with Crippen LogP contribution in [-0.4, -0.2) is 11.1 Å². The van der Waals surface area contributed by atoms with E-state index in [4.69, 9.17) is 0 Å². The van der Waals surface area contributed by atoms with Gasteiger partial charge in [0, 0.05) is 6.42 Å². The minimum absolute atomic E-state index is 0.211. The maximum atomic E-state index is 11.6. The summed E-state index contributed by atoms with van der Waals surface area (Å²) in [6.07, 6.45) is 26.9. The van der Waals surface area contributed by atoms with Gasteiger partial charge in [-0.2, -0.15) is 0 Å². The molecule has 0 spiro atoms. The van der Waals surface area contributed by atoms with Gasteiger partial charge in [0.25, 0.3) is 0 Å². The number of allylic oxidation sites excluding steroid dienone is 2. The van der Waals surface area contributed by atoms with Crippen LogP contribution in [0.3, 0.4) is 0 Å². The van der Waals surface area contributed by atoms with Gasteiger partial charge in [-0.25, -0.2) is 0 Å². The lowest BCUT2D eigenvalue weighted by molar-refractivity contribution is -0.138. The van der Waals surface area contributed by atoms with Crippen molar-refractivity contribution in [2.45, 2.75) is 121 Å². The molecule has 32 heavy (non-hydrogen) atoms. The van der Waals surface area contributed by atoms with Crippen LogP contribution in [0.1, 0.15) is 121 Å². The first-order valence-electron chi connectivity index (χ1n) is 13.6. The molecule has 2 nitrogen and oxygen atoms in total. The maximum Gasteiger partial charge on any atom is 0.303 e. The molecule has 0 amide bonds.